The van der Waals surface area contributed by atoms with Gasteiger partial charge in [0.15, 0.2) is 0 Å². The number of thiol groups is 1. The third-order valence-corrected chi connectivity index (χ3v) is 1.02. The van der Waals surface area contributed by atoms with Crippen molar-refractivity contribution in [1.29, 1.82) is 0 Å². The molecule has 60 valence electrons. The predicted molar refractivity (Wildman–Crippen MR) is 41.9 cm³/mol. The Labute approximate surface area is 67.6 Å². The van der Waals surface area contributed by atoms with E-state index in [4.69, 9.17) is 16.7 Å². The Morgan fingerprint density at radius 3 is 2.00 bits per heavy atom. The average molecular weight is 174 g/mol. The topological polar surface area (TPSA) is 114 Å². The van der Waals surface area contributed by atoms with E-state index in [2.05, 4.69) is 27.8 Å². The number of anilines is 3. The standard InChI is InChI=1S/C3H6N6OS/c4-1-6-2(5)8-3(7-1)9(10)11/h10-11H,(H4,4,5,6,7,8). The first-order chi connectivity index (χ1) is 5.09. The smallest absolute Gasteiger partial charge is 0.266 e. The van der Waals surface area contributed by atoms with Gasteiger partial charge in [-0.15, -0.1) is 0 Å². The lowest BCUT2D eigenvalue weighted by atomic mass is 10.8. The molecule has 1 aromatic heterocycles. The highest BCUT2D eigenvalue weighted by Crippen LogP contribution is 2.08. The minimum Gasteiger partial charge on any atom is -0.368 e. The van der Waals surface area contributed by atoms with E-state index in [0.29, 0.717) is 4.47 Å². The average Bonchev–Trinajstić information content (AvgIpc) is 1.85. The number of nitrogens with two attached hydrogens (primary N) is 2. The quantitative estimate of drug-likeness (QED) is 0.321. The van der Waals surface area contributed by atoms with Crippen LogP contribution in [0.25, 0.3) is 0 Å². The Balaban J connectivity index is 3.08. The number of hydrogen-bond acceptors (Lipinski definition) is 8. The molecule has 0 fully saturated rings. The molecule has 11 heavy (non-hydrogen) atoms. The summed E-state index contributed by atoms with van der Waals surface area (Å²) in [7, 11) is 0. The maximum Gasteiger partial charge on any atom is 0.266 e. The summed E-state index contributed by atoms with van der Waals surface area (Å²) < 4.78 is 0.397. The summed E-state index contributed by atoms with van der Waals surface area (Å²) >= 11 is 3.51. The second-order valence-corrected chi connectivity index (χ2v) is 2.02. The lowest BCUT2D eigenvalue weighted by molar-refractivity contribution is 0.327. The fourth-order valence-corrected chi connectivity index (χ4v) is 0.576. The van der Waals surface area contributed by atoms with E-state index in [9.17, 15) is 0 Å². The number of nitrogen functional groups attached to an aromatic ring is 2. The van der Waals surface area contributed by atoms with Gasteiger partial charge in [0.05, 0.1) is 0 Å². The van der Waals surface area contributed by atoms with Gasteiger partial charge in [-0.05, 0) is 12.8 Å². The van der Waals surface area contributed by atoms with Crippen LogP contribution >= 0.6 is 12.8 Å². The van der Waals surface area contributed by atoms with E-state index in [1.807, 2.05) is 0 Å². The molecule has 1 aromatic rings. The van der Waals surface area contributed by atoms with Crippen LogP contribution in [0, 0.1) is 0 Å². The van der Waals surface area contributed by atoms with Gasteiger partial charge in [-0.3, -0.25) is 5.21 Å². The molecule has 0 radical (unpaired) electrons. The minimum atomic E-state index is -0.113. The normalized spacial score (nSPS) is 9.64. The third kappa shape index (κ3) is 1.82. The highest BCUT2D eigenvalue weighted by atomic mass is 32.1. The summed E-state index contributed by atoms with van der Waals surface area (Å²) in [6.07, 6.45) is 0. The molecule has 0 atom stereocenters. The fraction of sp³-hybridized carbons (Fsp3) is 0. The first-order valence-electron chi connectivity index (χ1n) is 2.54. The van der Waals surface area contributed by atoms with E-state index >= 15 is 0 Å². The van der Waals surface area contributed by atoms with Crippen molar-refractivity contribution in [3.8, 4) is 0 Å². The molecule has 7 nitrogen and oxygen atoms in total. The Morgan fingerprint density at radius 2 is 1.64 bits per heavy atom. The highest BCUT2D eigenvalue weighted by Gasteiger charge is 2.04. The predicted octanol–water partition coefficient (Wildman–Crippen LogP) is -0.924. The van der Waals surface area contributed by atoms with Crippen molar-refractivity contribution in [2.75, 3.05) is 15.9 Å². The van der Waals surface area contributed by atoms with Crippen LogP contribution in [0.5, 0.6) is 0 Å². The number of hydrogen-bond donors (Lipinski definition) is 4. The maximum absolute atomic E-state index is 8.71. The minimum absolute atomic E-state index is 0.0689. The van der Waals surface area contributed by atoms with Crippen molar-refractivity contribution in [1.82, 2.24) is 15.0 Å². The molecular weight excluding hydrogens is 168 g/mol. The number of rotatable bonds is 1. The van der Waals surface area contributed by atoms with Crippen LogP contribution in [0.15, 0.2) is 0 Å². The van der Waals surface area contributed by atoms with Crippen molar-refractivity contribution in [2.45, 2.75) is 0 Å². The van der Waals surface area contributed by atoms with Crippen molar-refractivity contribution >= 4 is 30.7 Å². The second kappa shape index (κ2) is 2.76. The summed E-state index contributed by atoms with van der Waals surface area (Å²) in [6.45, 7) is 0. The van der Waals surface area contributed by atoms with E-state index in [-0.39, 0.29) is 17.8 Å². The van der Waals surface area contributed by atoms with Gasteiger partial charge >= 0.3 is 0 Å². The number of nitrogens with zero attached hydrogens (tertiary/aromatic N) is 4. The van der Waals surface area contributed by atoms with Crippen LogP contribution in [-0.2, 0) is 0 Å². The van der Waals surface area contributed by atoms with Crippen LogP contribution in [0.3, 0.4) is 0 Å². The first kappa shape index (κ1) is 7.82. The lowest BCUT2D eigenvalue weighted by Gasteiger charge is -2.05. The first-order valence-corrected chi connectivity index (χ1v) is 2.94. The SMILES string of the molecule is Nc1nc(N)nc(N(O)S)n1. The molecular formula is C3H6N6OS. The van der Waals surface area contributed by atoms with E-state index in [1.54, 1.807) is 0 Å². The van der Waals surface area contributed by atoms with Gasteiger partial charge in [-0.25, -0.2) is 0 Å². The molecule has 0 saturated carbocycles. The second-order valence-electron chi connectivity index (χ2n) is 1.64. The summed E-state index contributed by atoms with van der Waals surface area (Å²) in [6, 6.07) is 0. The van der Waals surface area contributed by atoms with Crippen molar-refractivity contribution in [2.24, 2.45) is 0 Å². The van der Waals surface area contributed by atoms with Gasteiger partial charge in [0.25, 0.3) is 5.95 Å². The molecule has 0 bridgehead atoms. The van der Waals surface area contributed by atoms with E-state index < -0.39 is 0 Å². The molecule has 1 heterocycles. The van der Waals surface area contributed by atoms with E-state index in [1.165, 1.54) is 0 Å². The molecule has 1 rings (SSSR count). The molecule has 0 unspecified atom stereocenters. The van der Waals surface area contributed by atoms with Gasteiger partial charge in [0.1, 0.15) is 0 Å². The molecule has 0 aromatic carbocycles. The van der Waals surface area contributed by atoms with Crippen LogP contribution < -0.4 is 15.9 Å². The zero-order valence-electron chi connectivity index (χ0n) is 5.34. The van der Waals surface area contributed by atoms with Gasteiger partial charge < -0.3 is 11.5 Å². The zero-order chi connectivity index (χ0) is 8.43. The molecule has 0 saturated heterocycles. The molecule has 8 heteroatoms. The Kier molecular flexibility index (Phi) is 1.96. The van der Waals surface area contributed by atoms with Gasteiger partial charge in [-0.2, -0.15) is 19.4 Å². The molecule has 0 aliphatic rings. The molecule has 0 amide bonds. The summed E-state index contributed by atoms with van der Waals surface area (Å²) in [5, 5.41) is 8.71. The Morgan fingerprint density at radius 1 is 1.18 bits per heavy atom. The monoisotopic (exact) mass is 174 g/mol. The largest absolute Gasteiger partial charge is 0.368 e. The number of aromatic nitrogens is 3. The Hall–Kier alpha value is -1.28. The summed E-state index contributed by atoms with van der Waals surface area (Å²) in [5.74, 6) is -0.250. The van der Waals surface area contributed by atoms with Crippen LogP contribution in [0.2, 0.25) is 0 Å². The van der Waals surface area contributed by atoms with E-state index in [0.717, 1.165) is 0 Å². The lowest BCUT2D eigenvalue weighted by Crippen LogP contribution is -2.11. The van der Waals surface area contributed by atoms with Gasteiger partial charge in [-0.1, -0.05) is 0 Å². The van der Waals surface area contributed by atoms with Crippen molar-refractivity contribution in [3.05, 3.63) is 0 Å². The van der Waals surface area contributed by atoms with Crippen molar-refractivity contribution in [3.63, 3.8) is 0 Å². The van der Waals surface area contributed by atoms with Crippen LogP contribution in [0.1, 0.15) is 0 Å². The fourth-order valence-electron chi connectivity index (χ4n) is 0.487. The highest BCUT2D eigenvalue weighted by molar-refractivity contribution is 7.81. The molecule has 0 spiro atoms. The third-order valence-electron chi connectivity index (χ3n) is 0.837. The van der Waals surface area contributed by atoms with Gasteiger partial charge in [0, 0.05) is 0 Å². The zero-order valence-corrected chi connectivity index (χ0v) is 6.23. The molecule has 5 N–H and O–H groups in total. The van der Waals surface area contributed by atoms with Crippen LogP contribution in [-0.4, -0.2) is 20.2 Å². The summed E-state index contributed by atoms with van der Waals surface area (Å²) in [4.78, 5) is 10.5. The van der Waals surface area contributed by atoms with Gasteiger partial charge in [0.2, 0.25) is 11.9 Å². The van der Waals surface area contributed by atoms with Crippen LogP contribution in [0.4, 0.5) is 17.8 Å². The molecule has 0 aliphatic carbocycles. The molecule has 0 aliphatic heterocycles. The summed E-state index contributed by atoms with van der Waals surface area (Å²) in [5.41, 5.74) is 10.4. The Bertz CT molecular complexity index is 244. The van der Waals surface area contributed by atoms with Crippen molar-refractivity contribution < 1.29 is 5.21 Å². The maximum atomic E-state index is 8.71.